The summed E-state index contributed by atoms with van der Waals surface area (Å²) in [4.78, 5) is 2.39. The molecule has 0 aromatic carbocycles. The van der Waals surface area contributed by atoms with E-state index in [1.54, 1.807) is 0 Å². The molecule has 0 heterocycles. The van der Waals surface area contributed by atoms with Crippen molar-refractivity contribution in [3.63, 3.8) is 0 Å². The molecule has 0 bridgehead atoms. The van der Waals surface area contributed by atoms with Gasteiger partial charge in [-0.3, -0.25) is 11.3 Å². The van der Waals surface area contributed by atoms with Gasteiger partial charge in [-0.15, -0.1) is 6.58 Å². The van der Waals surface area contributed by atoms with E-state index in [4.69, 9.17) is 5.84 Å². The summed E-state index contributed by atoms with van der Waals surface area (Å²) < 4.78 is 0. The molecule has 0 radical (unpaired) electrons. The molecule has 0 saturated heterocycles. The number of rotatable bonds is 6. The maximum atomic E-state index is 5.84. The van der Waals surface area contributed by atoms with Crippen molar-refractivity contribution < 1.29 is 0 Å². The Hall–Kier alpha value is -0.380. The lowest BCUT2D eigenvalue weighted by Crippen LogP contribution is -2.62. The van der Waals surface area contributed by atoms with Gasteiger partial charge in [0.1, 0.15) is 0 Å². The molecule has 3 heteroatoms. The molecule has 3 nitrogen and oxygen atoms in total. The van der Waals surface area contributed by atoms with Crippen LogP contribution in [0.25, 0.3) is 0 Å². The smallest absolute Gasteiger partial charge is 0.0397 e. The highest BCUT2D eigenvalue weighted by molar-refractivity contribution is 5.02. The maximum Gasteiger partial charge on any atom is 0.0397 e. The average Bonchev–Trinajstić information content (AvgIpc) is 2.31. The molecular formula is C15H31N3. The molecule has 1 atom stereocenters. The van der Waals surface area contributed by atoms with Crippen molar-refractivity contribution in [3.8, 4) is 0 Å². The number of hydrazine groups is 1. The van der Waals surface area contributed by atoms with Crippen molar-refractivity contribution in [3.05, 3.63) is 12.2 Å². The summed E-state index contributed by atoms with van der Waals surface area (Å²) in [6.07, 6.45) is 7.24. The van der Waals surface area contributed by atoms with Gasteiger partial charge in [0.15, 0.2) is 0 Å². The number of nitrogens with one attached hydrogen (secondary N) is 1. The Morgan fingerprint density at radius 2 is 2.00 bits per heavy atom. The topological polar surface area (TPSA) is 41.3 Å². The molecule has 1 rings (SSSR count). The number of hydrogen-bond donors (Lipinski definition) is 2. The molecule has 0 aliphatic heterocycles. The zero-order chi connectivity index (χ0) is 13.8. The summed E-state index contributed by atoms with van der Waals surface area (Å²) in [5.41, 5.74) is 4.54. The van der Waals surface area contributed by atoms with Crippen molar-refractivity contribution in [1.29, 1.82) is 0 Å². The second kappa shape index (κ2) is 6.69. The fourth-order valence-electron chi connectivity index (χ4n) is 3.27. The predicted octanol–water partition coefficient (Wildman–Crippen LogP) is 2.69. The summed E-state index contributed by atoms with van der Waals surface area (Å²) >= 11 is 0. The van der Waals surface area contributed by atoms with E-state index < -0.39 is 0 Å². The molecule has 106 valence electrons. The minimum atomic E-state index is 0.219. The molecule has 0 spiro atoms. The Balaban J connectivity index is 2.77. The zero-order valence-corrected chi connectivity index (χ0v) is 12.6. The molecule has 1 fully saturated rings. The van der Waals surface area contributed by atoms with Crippen molar-refractivity contribution >= 4 is 0 Å². The van der Waals surface area contributed by atoms with E-state index in [2.05, 4.69) is 44.8 Å². The number of hydrogen-bond acceptors (Lipinski definition) is 3. The van der Waals surface area contributed by atoms with E-state index in [1.807, 2.05) is 0 Å². The normalized spacial score (nSPS) is 30.4. The van der Waals surface area contributed by atoms with Gasteiger partial charge < -0.3 is 4.90 Å². The van der Waals surface area contributed by atoms with Crippen molar-refractivity contribution in [2.75, 3.05) is 14.1 Å². The Morgan fingerprint density at radius 3 is 2.39 bits per heavy atom. The standard InChI is InChI=1S/C15H31N3/c1-12(2)6-7-14(17-16)15(18(4)5)10-8-13(3)9-11-15/h13-14,17H,1,6-11,16H2,2-5H3. The molecule has 1 aliphatic rings. The second-order valence-electron chi connectivity index (χ2n) is 6.40. The van der Waals surface area contributed by atoms with Gasteiger partial charge in [-0.2, -0.15) is 0 Å². The SMILES string of the molecule is C=C(C)CCC(NN)C1(N(C)C)CCC(C)CC1. The number of likely N-dealkylation sites (N-methyl/N-ethyl adjacent to an activating group) is 1. The van der Waals surface area contributed by atoms with Crippen molar-refractivity contribution in [1.82, 2.24) is 10.3 Å². The molecule has 3 N–H and O–H groups in total. The zero-order valence-electron chi connectivity index (χ0n) is 12.6. The minimum absolute atomic E-state index is 0.219. The van der Waals surface area contributed by atoms with Crippen LogP contribution < -0.4 is 11.3 Å². The third-order valence-electron chi connectivity index (χ3n) is 4.74. The highest BCUT2D eigenvalue weighted by Crippen LogP contribution is 2.39. The highest BCUT2D eigenvalue weighted by atomic mass is 15.3. The van der Waals surface area contributed by atoms with Crippen LogP contribution in [0.1, 0.15) is 52.4 Å². The summed E-state index contributed by atoms with van der Waals surface area (Å²) in [6, 6.07) is 0.358. The first kappa shape index (κ1) is 15.7. The fraction of sp³-hybridized carbons (Fsp3) is 0.867. The van der Waals surface area contributed by atoms with Gasteiger partial charge in [0, 0.05) is 11.6 Å². The second-order valence-corrected chi connectivity index (χ2v) is 6.40. The molecule has 0 aromatic rings. The van der Waals surface area contributed by atoms with Crippen LogP contribution in [0.5, 0.6) is 0 Å². The molecular weight excluding hydrogens is 222 g/mol. The lowest BCUT2D eigenvalue weighted by Gasteiger charge is -2.49. The van der Waals surface area contributed by atoms with Crippen LogP contribution >= 0.6 is 0 Å². The van der Waals surface area contributed by atoms with Gasteiger partial charge in [-0.1, -0.05) is 12.5 Å². The van der Waals surface area contributed by atoms with Crippen LogP contribution in [-0.4, -0.2) is 30.6 Å². The monoisotopic (exact) mass is 253 g/mol. The van der Waals surface area contributed by atoms with Gasteiger partial charge in [0.05, 0.1) is 0 Å². The third kappa shape index (κ3) is 3.56. The lowest BCUT2D eigenvalue weighted by molar-refractivity contribution is 0.0404. The van der Waals surface area contributed by atoms with E-state index >= 15 is 0 Å². The molecule has 1 aliphatic carbocycles. The minimum Gasteiger partial charge on any atom is -0.302 e. The highest BCUT2D eigenvalue weighted by Gasteiger charge is 2.42. The van der Waals surface area contributed by atoms with E-state index in [0.29, 0.717) is 6.04 Å². The van der Waals surface area contributed by atoms with Crippen molar-refractivity contribution in [2.24, 2.45) is 11.8 Å². The average molecular weight is 253 g/mol. The van der Waals surface area contributed by atoms with Crippen molar-refractivity contribution in [2.45, 2.75) is 64.0 Å². The number of nitrogens with two attached hydrogens (primary N) is 1. The van der Waals surface area contributed by atoms with Gasteiger partial charge >= 0.3 is 0 Å². The molecule has 18 heavy (non-hydrogen) atoms. The van der Waals surface area contributed by atoms with Crippen LogP contribution in [0.2, 0.25) is 0 Å². The summed E-state index contributed by atoms with van der Waals surface area (Å²) in [5, 5.41) is 0. The molecule has 1 saturated carbocycles. The van der Waals surface area contributed by atoms with Crippen LogP contribution in [-0.2, 0) is 0 Å². The van der Waals surface area contributed by atoms with Gasteiger partial charge in [-0.05, 0) is 65.5 Å². The van der Waals surface area contributed by atoms with Gasteiger partial charge in [-0.25, -0.2) is 0 Å². The quantitative estimate of drug-likeness (QED) is 0.434. The van der Waals surface area contributed by atoms with Crippen LogP contribution in [0.4, 0.5) is 0 Å². The van der Waals surface area contributed by atoms with Gasteiger partial charge in [0.2, 0.25) is 0 Å². The third-order valence-corrected chi connectivity index (χ3v) is 4.74. The first-order valence-corrected chi connectivity index (χ1v) is 7.20. The van der Waals surface area contributed by atoms with Crippen LogP contribution in [0.15, 0.2) is 12.2 Å². The Bertz CT molecular complexity index is 265. The largest absolute Gasteiger partial charge is 0.302 e. The Kier molecular flexibility index (Phi) is 5.83. The maximum absolute atomic E-state index is 5.84. The van der Waals surface area contributed by atoms with E-state index in [-0.39, 0.29) is 5.54 Å². The lowest BCUT2D eigenvalue weighted by atomic mass is 9.71. The Morgan fingerprint density at radius 1 is 1.44 bits per heavy atom. The summed E-state index contributed by atoms with van der Waals surface area (Å²) in [5.74, 6) is 6.70. The molecule has 0 aromatic heterocycles. The first-order valence-electron chi connectivity index (χ1n) is 7.20. The first-order chi connectivity index (χ1) is 8.42. The van der Waals surface area contributed by atoms with Crippen LogP contribution in [0.3, 0.4) is 0 Å². The number of nitrogens with zero attached hydrogens (tertiary/aromatic N) is 1. The van der Waals surface area contributed by atoms with E-state index in [1.165, 1.54) is 31.3 Å². The van der Waals surface area contributed by atoms with E-state index in [9.17, 15) is 0 Å². The predicted molar refractivity (Wildman–Crippen MR) is 79.2 cm³/mol. The number of allylic oxidation sites excluding steroid dienone is 1. The van der Waals surface area contributed by atoms with Gasteiger partial charge in [0.25, 0.3) is 0 Å². The van der Waals surface area contributed by atoms with E-state index in [0.717, 1.165) is 18.8 Å². The molecule has 0 amide bonds. The summed E-state index contributed by atoms with van der Waals surface area (Å²) in [6.45, 7) is 8.46. The summed E-state index contributed by atoms with van der Waals surface area (Å²) in [7, 11) is 4.39. The molecule has 1 unspecified atom stereocenters. The van der Waals surface area contributed by atoms with Crippen LogP contribution in [0, 0.1) is 5.92 Å². The fourth-order valence-corrected chi connectivity index (χ4v) is 3.27. The Labute approximate surface area is 113 Å².